The van der Waals surface area contributed by atoms with Crippen LogP contribution in [0.25, 0.3) is 0 Å². The van der Waals surface area contributed by atoms with E-state index in [1.165, 1.54) is 12.1 Å². The van der Waals surface area contributed by atoms with Crippen molar-refractivity contribution in [1.29, 1.82) is 0 Å². The number of halogens is 2. The second-order valence-corrected chi connectivity index (χ2v) is 4.78. The van der Waals surface area contributed by atoms with Crippen LogP contribution in [0.3, 0.4) is 0 Å². The molecule has 0 saturated carbocycles. The summed E-state index contributed by atoms with van der Waals surface area (Å²) >= 11 is 5.59. The summed E-state index contributed by atoms with van der Waals surface area (Å²) in [6.07, 6.45) is -1.84. The van der Waals surface area contributed by atoms with E-state index in [1.54, 1.807) is 30.3 Å². The third-order valence-corrected chi connectivity index (χ3v) is 3.24. The molecular weight excluding hydrogens is 267 g/mol. The number of aliphatic hydroxyl groups is 2. The molecule has 0 saturated heterocycles. The minimum Gasteiger partial charge on any atom is -0.390 e. The van der Waals surface area contributed by atoms with E-state index in [-0.39, 0.29) is 11.4 Å². The molecule has 0 aliphatic rings. The van der Waals surface area contributed by atoms with Gasteiger partial charge >= 0.3 is 0 Å². The predicted octanol–water partition coefficient (Wildman–Crippen LogP) is 3.12. The van der Waals surface area contributed by atoms with Crippen LogP contribution < -0.4 is 0 Å². The zero-order chi connectivity index (χ0) is 13.8. The average Bonchev–Trinajstić information content (AvgIpc) is 2.43. The maximum Gasteiger partial charge on any atom is 0.142 e. The maximum absolute atomic E-state index is 13.3. The molecule has 4 heteroatoms. The van der Waals surface area contributed by atoms with Gasteiger partial charge in [0.05, 0.1) is 11.1 Å². The number of benzene rings is 2. The normalized spacial score (nSPS) is 14.1. The SMILES string of the molecule is OC(Cc1ccc(Cl)c(F)c1)C(O)c1ccccc1. The summed E-state index contributed by atoms with van der Waals surface area (Å²) < 4.78 is 13.3. The molecule has 19 heavy (non-hydrogen) atoms. The fourth-order valence-corrected chi connectivity index (χ4v) is 2.01. The van der Waals surface area contributed by atoms with E-state index in [0.717, 1.165) is 0 Å². The first-order valence-corrected chi connectivity index (χ1v) is 6.30. The molecule has 0 spiro atoms. The molecule has 0 aliphatic carbocycles. The second kappa shape index (κ2) is 6.15. The van der Waals surface area contributed by atoms with Gasteiger partial charge in [0.2, 0.25) is 0 Å². The Morgan fingerprint density at radius 1 is 1.05 bits per heavy atom. The van der Waals surface area contributed by atoms with Crippen LogP contribution >= 0.6 is 11.6 Å². The van der Waals surface area contributed by atoms with E-state index in [4.69, 9.17) is 11.6 Å². The van der Waals surface area contributed by atoms with Crippen molar-refractivity contribution < 1.29 is 14.6 Å². The first-order chi connectivity index (χ1) is 9.08. The number of rotatable bonds is 4. The van der Waals surface area contributed by atoms with Crippen LogP contribution in [0.4, 0.5) is 4.39 Å². The molecule has 2 atom stereocenters. The van der Waals surface area contributed by atoms with E-state index in [0.29, 0.717) is 11.1 Å². The van der Waals surface area contributed by atoms with Crippen LogP contribution in [-0.4, -0.2) is 16.3 Å². The average molecular weight is 281 g/mol. The van der Waals surface area contributed by atoms with Crippen molar-refractivity contribution in [2.24, 2.45) is 0 Å². The summed E-state index contributed by atoms with van der Waals surface area (Å²) in [7, 11) is 0. The highest BCUT2D eigenvalue weighted by molar-refractivity contribution is 6.30. The van der Waals surface area contributed by atoms with Crippen molar-refractivity contribution in [1.82, 2.24) is 0 Å². The summed E-state index contributed by atoms with van der Waals surface area (Å²) in [5.41, 5.74) is 1.22. The molecular formula is C15H14ClFO2. The van der Waals surface area contributed by atoms with Crippen molar-refractivity contribution in [2.75, 3.05) is 0 Å². The van der Waals surface area contributed by atoms with E-state index >= 15 is 0 Å². The molecule has 2 nitrogen and oxygen atoms in total. The van der Waals surface area contributed by atoms with Gasteiger partial charge in [-0.1, -0.05) is 48.0 Å². The Balaban J connectivity index is 2.08. The van der Waals surface area contributed by atoms with Crippen molar-refractivity contribution in [3.8, 4) is 0 Å². The Morgan fingerprint density at radius 2 is 1.74 bits per heavy atom. The molecule has 0 radical (unpaired) electrons. The topological polar surface area (TPSA) is 40.5 Å². The highest BCUT2D eigenvalue weighted by Gasteiger charge is 2.18. The Kier molecular flexibility index (Phi) is 4.53. The monoisotopic (exact) mass is 280 g/mol. The van der Waals surface area contributed by atoms with Crippen LogP contribution in [0.1, 0.15) is 17.2 Å². The fraction of sp³-hybridized carbons (Fsp3) is 0.200. The lowest BCUT2D eigenvalue weighted by atomic mass is 9.98. The summed E-state index contributed by atoms with van der Waals surface area (Å²) in [6.45, 7) is 0. The minimum absolute atomic E-state index is 0.0434. The molecule has 100 valence electrons. The van der Waals surface area contributed by atoms with E-state index in [1.807, 2.05) is 6.07 Å². The van der Waals surface area contributed by atoms with Gasteiger partial charge in [-0.05, 0) is 23.3 Å². The van der Waals surface area contributed by atoms with Crippen LogP contribution in [0.5, 0.6) is 0 Å². The standard InChI is InChI=1S/C15H14ClFO2/c16-12-7-6-10(8-13(12)17)9-14(18)15(19)11-4-2-1-3-5-11/h1-8,14-15,18-19H,9H2. The highest BCUT2D eigenvalue weighted by Crippen LogP contribution is 2.21. The Labute approximate surface area is 116 Å². The third kappa shape index (κ3) is 3.53. The number of hydrogen-bond donors (Lipinski definition) is 2. The van der Waals surface area contributed by atoms with Gasteiger partial charge < -0.3 is 10.2 Å². The molecule has 0 heterocycles. The van der Waals surface area contributed by atoms with E-state index in [2.05, 4.69) is 0 Å². The Morgan fingerprint density at radius 3 is 2.37 bits per heavy atom. The molecule has 0 amide bonds. The minimum atomic E-state index is -1.00. The molecule has 0 aliphatic heterocycles. The lowest BCUT2D eigenvalue weighted by molar-refractivity contribution is 0.0189. The first kappa shape index (κ1) is 14.0. The first-order valence-electron chi connectivity index (χ1n) is 5.93. The summed E-state index contributed by atoms with van der Waals surface area (Å²) in [6, 6.07) is 13.2. The zero-order valence-electron chi connectivity index (χ0n) is 10.1. The van der Waals surface area contributed by atoms with Crippen LogP contribution in [0, 0.1) is 5.82 Å². The van der Waals surface area contributed by atoms with Gasteiger partial charge in [-0.3, -0.25) is 0 Å². The van der Waals surface area contributed by atoms with Gasteiger partial charge in [0.15, 0.2) is 0 Å². The van der Waals surface area contributed by atoms with Crippen LogP contribution in [0.2, 0.25) is 5.02 Å². The van der Waals surface area contributed by atoms with Gasteiger partial charge in [-0.15, -0.1) is 0 Å². The molecule has 0 aromatic heterocycles. The van der Waals surface area contributed by atoms with Crippen LogP contribution in [0.15, 0.2) is 48.5 Å². The predicted molar refractivity (Wildman–Crippen MR) is 72.5 cm³/mol. The van der Waals surface area contributed by atoms with Gasteiger partial charge in [0.1, 0.15) is 11.9 Å². The van der Waals surface area contributed by atoms with Crippen molar-refractivity contribution in [3.05, 3.63) is 70.5 Å². The maximum atomic E-state index is 13.3. The molecule has 2 aromatic rings. The molecule has 2 rings (SSSR count). The Hall–Kier alpha value is -1.42. The second-order valence-electron chi connectivity index (χ2n) is 4.38. The van der Waals surface area contributed by atoms with E-state index < -0.39 is 18.0 Å². The lowest BCUT2D eigenvalue weighted by Gasteiger charge is -2.18. The summed E-state index contributed by atoms with van der Waals surface area (Å²) in [4.78, 5) is 0. The number of hydrogen-bond acceptors (Lipinski definition) is 2. The van der Waals surface area contributed by atoms with Crippen molar-refractivity contribution in [3.63, 3.8) is 0 Å². The Bertz CT molecular complexity index is 545. The van der Waals surface area contributed by atoms with Gasteiger partial charge in [-0.2, -0.15) is 0 Å². The lowest BCUT2D eigenvalue weighted by Crippen LogP contribution is -2.20. The smallest absolute Gasteiger partial charge is 0.142 e. The van der Waals surface area contributed by atoms with Gasteiger partial charge in [-0.25, -0.2) is 4.39 Å². The quantitative estimate of drug-likeness (QED) is 0.903. The molecule has 2 N–H and O–H groups in total. The highest BCUT2D eigenvalue weighted by atomic mass is 35.5. The molecule has 0 fully saturated rings. The van der Waals surface area contributed by atoms with Crippen molar-refractivity contribution in [2.45, 2.75) is 18.6 Å². The largest absolute Gasteiger partial charge is 0.390 e. The van der Waals surface area contributed by atoms with Gasteiger partial charge in [0.25, 0.3) is 0 Å². The van der Waals surface area contributed by atoms with Gasteiger partial charge in [0, 0.05) is 6.42 Å². The molecule has 2 aromatic carbocycles. The summed E-state index contributed by atoms with van der Waals surface area (Å²) in [5, 5.41) is 20.0. The fourth-order valence-electron chi connectivity index (χ4n) is 1.89. The zero-order valence-corrected chi connectivity index (χ0v) is 10.9. The van der Waals surface area contributed by atoms with Crippen molar-refractivity contribution >= 4 is 11.6 Å². The van der Waals surface area contributed by atoms with Crippen LogP contribution in [-0.2, 0) is 6.42 Å². The molecule has 2 unspecified atom stereocenters. The van der Waals surface area contributed by atoms with E-state index in [9.17, 15) is 14.6 Å². The molecule has 0 bridgehead atoms. The third-order valence-electron chi connectivity index (χ3n) is 2.93. The summed E-state index contributed by atoms with van der Waals surface area (Å²) in [5.74, 6) is -0.527. The number of aliphatic hydroxyl groups excluding tert-OH is 2.